The summed E-state index contributed by atoms with van der Waals surface area (Å²) in [7, 11) is 0. The molecule has 5 heteroatoms. The smallest absolute Gasteiger partial charge is 0.162 e. The van der Waals surface area contributed by atoms with Crippen molar-refractivity contribution in [2.75, 3.05) is 12.0 Å². The van der Waals surface area contributed by atoms with Gasteiger partial charge in [0.1, 0.15) is 5.75 Å². The fourth-order valence-electron chi connectivity index (χ4n) is 1.51. The number of rotatable bonds is 4. The van der Waals surface area contributed by atoms with Gasteiger partial charge in [-0.15, -0.1) is 10.2 Å². The lowest BCUT2D eigenvalue weighted by Gasteiger charge is -2.09. The van der Waals surface area contributed by atoms with E-state index in [0.29, 0.717) is 12.4 Å². The number of nitrogens with two attached hydrogens (primary N) is 1. The fourth-order valence-corrected chi connectivity index (χ4v) is 1.51. The van der Waals surface area contributed by atoms with E-state index < -0.39 is 0 Å². The van der Waals surface area contributed by atoms with Crippen molar-refractivity contribution >= 4 is 5.82 Å². The van der Waals surface area contributed by atoms with Crippen LogP contribution in [0, 0.1) is 0 Å². The zero-order chi connectivity index (χ0) is 12.1. The molecule has 0 unspecified atom stereocenters. The second kappa shape index (κ2) is 5.27. The number of aromatic nitrogens is 2. The lowest BCUT2D eigenvalue weighted by molar-refractivity contribution is 0.341. The average molecular weight is 230 g/mol. The largest absolute Gasteiger partial charge is 0.493 e. The molecule has 0 bridgehead atoms. The number of hydrazine groups is 1. The monoisotopic (exact) mass is 230 g/mol. The third kappa shape index (κ3) is 2.51. The quantitative estimate of drug-likeness (QED) is 0.619. The third-order valence-electron chi connectivity index (χ3n) is 2.28. The summed E-state index contributed by atoms with van der Waals surface area (Å²) in [5, 5.41) is 8.02. The highest BCUT2D eigenvalue weighted by molar-refractivity contribution is 5.67. The molecule has 0 aliphatic carbocycles. The second-order valence-electron chi connectivity index (χ2n) is 3.38. The number of benzene rings is 1. The number of ether oxygens (including phenoxy) is 1. The molecule has 0 radical (unpaired) electrons. The first-order chi connectivity index (χ1) is 8.35. The Kier molecular flexibility index (Phi) is 3.52. The van der Waals surface area contributed by atoms with Crippen LogP contribution in [0.5, 0.6) is 5.75 Å². The lowest BCUT2D eigenvalue weighted by Crippen LogP contribution is -2.09. The minimum absolute atomic E-state index is 0.530. The summed E-state index contributed by atoms with van der Waals surface area (Å²) in [5.74, 6) is 6.57. The number of nitrogens with one attached hydrogen (secondary N) is 1. The highest BCUT2D eigenvalue weighted by Crippen LogP contribution is 2.28. The number of para-hydroxylation sites is 1. The summed E-state index contributed by atoms with van der Waals surface area (Å²) in [6, 6.07) is 11.3. The molecule has 0 amide bonds. The van der Waals surface area contributed by atoms with E-state index in [2.05, 4.69) is 15.6 Å². The lowest BCUT2D eigenvalue weighted by atomic mass is 10.1. The van der Waals surface area contributed by atoms with Crippen LogP contribution < -0.4 is 16.0 Å². The number of nitrogen functional groups attached to an aromatic ring is 1. The van der Waals surface area contributed by atoms with E-state index in [4.69, 9.17) is 10.6 Å². The van der Waals surface area contributed by atoms with Gasteiger partial charge in [0.25, 0.3) is 0 Å². The van der Waals surface area contributed by atoms with E-state index >= 15 is 0 Å². The van der Waals surface area contributed by atoms with Gasteiger partial charge in [-0.3, -0.25) is 0 Å². The molecule has 0 atom stereocenters. The van der Waals surface area contributed by atoms with Crippen LogP contribution in [0.3, 0.4) is 0 Å². The molecule has 5 nitrogen and oxygen atoms in total. The summed E-state index contributed by atoms with van der Waals surface area (Å²) < 4.78 is 5.54. The molecular weight excluding hydrogens is 216 g/mol. The van der Waals surface area contributed by atoms with Gasteiger partial charge >= 0.3 is 0 Å². The van der Waals surface area contributed by atoms with Gasteiger partial charge in [0.05, 0.1) is 12.3 Å². The maximum Gasteiger partial charge on any atom is 0.162 e. The summed E-state index contributed by atoms with van der Waals surface area (Å²) in [5.41, 5.74) is 4.12. The molecule has 0 saturated heterocycles. The first-order valence-electron chi connectivity index (χ1n) is 5.37. The van der Waals surface area contributed by atoms with Crippen LogP contribution in [0.2, 0.25) is 0 Å². The van der Waals surface area contributed by atoms with E-state index in [-0.39, 0.29) is 0 Å². The van der Waals surface area contributed by atoms with Crippen molar-refractivity contribution in [1.82, 2.24) is 10.2 Å². The molecule has 1 heterocycles. The number of hydrogen-bond acceptors (Lipinski definition) is 5. The topological polar surface area (TPSA) is 73.1 Å². The SMILES string of the molecule is CCOc1ccccc1-c1ccc(NN)nn1. The number of nitrogens with zero attached hydrogens (tertiary/aromatic N) is 2. The van der Waals surface area contributed by atoms with Gasteiger partial charge in [-0.25, -0.2) is 5.84 Å². The molecule has 3 N–H and O–H groups in total. The molecule has 0 aliphatic rings. The van der Waals surface area contributed by atoms with Crippen molar-refractivity contribution in [3.05, 3.63) is 36.4 Å². The molecule has 0 spiro atoms. The molecular formula is C12H14N4O. The van der Waals surface area contributed by atoms with Crippen molar-refractivity contribution in [1.29, 1.82) is 0 Å². The summed E-state index contributed by atoms with van der Waals surface area (Å²) in [6.45, 7) is 2.57. The summed E-state index contributed by atoms with van der Waals surface area (Å²) in [6.07, 6.45) is 0. The Morgan fingerprint density at radius 2 is 2.00 bits per heavy atom. The van der Waals surface area contributed by atoms with E-state index in [9.17, 15) is 0 Å². The summed E-state index contributed by atoms with van der Waals surface area (Å²) >= 11 is 0. The van der Waals surface area contributed by atoms with Crippen LogP contribution in [0.1, 0.15) is 6.92 Å². The first-order valence-corrected chi connectivity index (χ1v) is 5.37. The maximum absolute atomic E-state index is 5.54. The fraction of sp³-hybridized carbons (Fsp3) is 0.167. The molecule has 1 aromatic heterocycles. The zero-order valence-corrected chi connectivity index (χ0v) is 9.55. The Morgan fingerprint density at radius 1 is 1.18 bits per heavy atom. The summed E-state index contributed by atoms with van der Waals surface area (Å²) in [4.78, 5) is 0. The van der Waals surface area contributed by atoms with Gasteiger partial charge in [0, 0.05) is 5.56 Å². The van der Waals surface area contributed by atoms with E-state index in [0.717, 1.165) is 17.0 Å². The Hall–Kier alpha value is -2.14. The van der Waals surface area contributed by atoms with Crippen LogP contribution in [0.25, 0.3) is 11.3 Å². The van der Waals surface area contributed by atoms with Gasteiger partial charge < -0.3 is 10.2 Å². The highest BCUT2D eigenvalue weighted by Gasteiger charge is 2.06. The molecule has 0 aliphatic heterocycles. The van der Waals surface area contributed by atoms with E-state index in [1.807, 2.05) is 37.3 Å². The van der Waals surface area contributed by atoms with E-state index in [1.165, 1.54) is 0 Å². The van der Waals surface area contributed by atoms with Crippen LogP contribution in [0.4, 0.5) is 5.82 Å². The zero-order valence-electron chi connectivity index (χ0n) is 9.55. The third-order valence-corrected chi connectivity index (χ3v) is 2.28. The van der Waals surface area contributed by atoms with Gasteiger partial charge in [0.15, 0.2) is 5.82 Å². The molecule has 2 rings (SSSR count). The minimum atomic E-state index is 0.530. The van der Waals surface area contributed by atoms with Crippen LogP contribution in [0.15, 0.2) is 36.4 Å². The minimum Gasteiger partial charge on any atom is -0.493 e. The molecule has 0 saturated carbocycles. The number of anilines is 1. The maximum atomic E-state index is 5.54. The van der Waals surface area contributed by atoms with Crippen molar-refractivity contribution in [3.63, 3.8) is 0 Å². The Morgan fingerprint density at radius 3 is 2.65 bits per heavy atom. The Balaban J connectivity index is 2.37. The van der Waals surface area contributed by atoms with Crippen LogP contribution >= 0.6 is 0 Å². The van der Waals surface area contributed by atoms with Crippen molar-refractivity contribution in [3.8, 4) is 17.0 Å². The molecule has 1 aromatic carbocycles. The number of hydrogen-bond donors (Lipinski definition) is 2. The Labute approximate surface area is 99.6 Å². The molecule has 88 valence electrons. The molecule has 2 aromatic rings. The Bertz CT molecular complexity index is 484. The predicted octanol–water partition coefficient (Wildman–Crippen LogP) is 1.83. The van der Waals surface area contributed by atoms with Crippen molar-refractivity contribution in [2.24, 2.45) is 5.84 Å². The highest BCUT2D eigenvalue weighted by atomic mass is 16.5. The van der Waals surface area contributed by atoms with Crippen LogP contribution in [-0.2, 0) is 0 Å². The first kappa shape index (κ1) is 11.3. The normalized spacial score (nSPS) is 10.0. The molecule has 0 fully saturated rings. The van der Waals surface area contributed by atoms with Gasteiger partial charge in [-0.05, 0) is 31.2 Å². The van der Waals surface area contributed by atoms with Gasteiger partial charge in [-0.1, -0.05) is 12.1 Å². The average Bonchev–Trinajstić information content (AvgIpc) is 2.40. The predicted molar refractivity (Wildman–Crippen MR) is 66.4 cm³/mol. The van der Waals surface area contributed by atoms with Crippen LogP contribution in [-0.4, -0.2) is 16.8 Å². The van der Waals surface area contributed by atoms with Crippen molar-refractivity contribution in [2.45, 2.75) is 6.92 Å². The van der Waals surface area contributed by atoms with Crippen molar-refractivity contribution < 1.29 is 4.74 Å². The van der Waals surface area contributed by atoms with Gasteiger partial charge in [0.2, 0.25) is 0 Å². The van der Waals surface area contributed by atoms with E-state index in [1.54, 1.807) is 6.07 Å². The standard InChI is InChI=1S/C12H14N4O/c1-2-17-11-6-4-3-5-9(11)10-7-8-12(14-13)16-15-10/h3-8H,2,13H2,1H3,(H,14,16). The van der Waals surface area contributed by atoms with Gasteiger partial charge in [-0.2, -0.15) is 0 Å². The molecule has 17 heavy (non-hydrogen) atoms. The second-order valence-corrected chi connectivity index (χ2v) is 3.38.